The maximum atomic E-state index is 10.5. The number of carbonyl (C=O) groups is 1. The van der Waals surface area contributed by atoms with E-state index in [9.17, 15) is 4.79 Å². The van der Waals surface area contributed by atoms with E-state index in [2.05, 4.69) is 10.6 Å². The molecule has 0 saturated carbocycles. The van der Waals surface area contributed by atoms with Gasteiger partial charge in [0.25, 0.3) is 0 Å². The monoisotopic (exact) mass is 186 g/mol. The largest absolute Gasteiger partial charge is 0.376 e. The number of rotatable bonds is 4. The Balaban J connectivity index is 1.95. The van der Waals surface area contributed by atoms with Crippen LogP contribution >= 0.6 is 0 Å². The molecule has 76 valence electrons. The lowest BCUT2D eigenvalue weighted by Gasteiger charge is -2.23. The van der Waals surface area contributed by atoms with E-state index in [-0.39, 0.29) is 5.91 Å². The highest BCUT2D eigenvalue weighted by atomic mass is 16.5. The quantitative estimate of drug-likeness (QED) is 0.602. The molecule has 1 fully saturated rings. The molecule has 4 nitrogen and oxygen atoms in total. The van der Waals surface area contributed by atoms with Gasteiger partial charge in [-0.2, -0.15) is 0 Å². The highest BCUT2D eigenvalue weighted by molar-refractivity contribution is 5.72. The molecule has 0 bridgehead atoms. The maximum absolute atomic E-state index is 10.5. The van der Waals surface area contributed by atoms with Gasteiger partial charge in [0, 0.05) is 26.6 Å². The summed E-state index contributed by atoms with van der Waals surface area (Å²) in [6.07, 6.45) is 2.35. The van der Waals surface area contributed by atoms with Crippen LogP contribution in [0.2, 0.25) is 0 Å². The minimum absolute atomic E-state index is 0.0442. The van der Waals surface area contributed by atoms with Gasteiger partial charge in [-0.05, 0) is 12.8 Å². The van der Waals surface area contributed by atoms with E-state index < -0.39 is 0 Å². The SMILES string of the molecule is CC(=O)NCCCC1CNCCO1. The lowest BCUT2D eigenvalue weighted by molar-refractivity contribution is -0.119. The first-order valence-corrected chi connectivity index (χ1v) is 4.86. The van der Waals surface area contributed by atoms with Crippen molar-refractivity contribution in [2.45, 2.75) is 25.9 Å². The van der Waals surface area contributed by atoms with Crippen LogP contribution in [0.5, 0.6) is 0 Å². The molecule has 1 rings (SSSR count). The van der Waals surface area contributed by atoms with Crippen LogP contribution in [0, 0.1) is 0 Å². The van der Waals surface area contributed by atoms with Crippen molar-refractivity contribution in [2.75, 3.05) is 26.2 Å². The fraction of sp³-hybridized carbons (Fsp3) is 0.889. The Morgan fingerprint density at radius 2 is 2.54 bits per heavy atom. The minimum atomic E-state index is 0.0442. The number of hydrogen-bond acceptors (Lipinski definition) is 3. The Morgan fingerprint density at radius 3 is 3.15 bits per heavy atom. The van der Waals surface area contributed by atoms with Crippen LogP contribution in [0.25, 0.3) is 0 Å². The van der Waals surface area contributed by atoms with Crippen molar-refractivity contribution >= 4 is 5.91 Å². The Bertz CT molecular complexity index is 156. The van der Waals surface area contributed by atoms with E-state index >= 15 is 0 Å². The van der Waals surface area contributed by atoms with Crippen molar-refractivity contribution < 1.29 is 9.53 Å². The Morgan fingerprint density at radius 1 is 1.69 bits per heavy atom. The van der Waals surface area contributed by atoms with Crippen LogP contribution in [-0.2, 0) is 9.53 Å². The maximum Gasteiger partial charge on any atom is 0.216 e. The van der Waals surface area contributed by atoms with Gasteiger partial charge in [0.15, 0.2) is 0 Å². The van der Waals surface area contributed by atoms with Gasteiger partial charge in [0.2, 0.25) is 5.91 Å². The van der Waals surface area contributed by atoms with Gasteiger partial charge >= 0.3 is 0 Å². The van der Waals surface area contributed by atoms with Crippen LogP contribution in [-0.4, -0.2) is 38.3 Å². The first kappa shape index (κ1) is 10.5. The first-order valence-electron chi connectivity index (χ1n) is 4.86. The third-order valence-corrected chi connectivity index (χ3v) is 2.08. The molecule has 1 aliphatic rings. The molecule has 0 spiro atoms. The molecular formula is C9H18N2O2. The van der Waals surface area contributed by atoms with Crippen LogP contribution in [0.3, 0.4) is 0 Å². The highest BCUT2D eigenvalue weighted by Gasteiger charge is 2.11. The lowest BCUT2D eigenvalue weighted by Crippen LogP contribution is -2.38. The van der Waals surface area contributed by atoms with Crippen molar-refractivity contribution in [3.8, 4) is 0 Å². The summed E-state index contributed by atoms with van der Waals surface area (Å²) in [5.74, 6) is 0.0442. The number of carbonyl (C=O) groups excluding carboxylic acids is 1. The molecule has 1 atom stereocenters. The summed E-state index contributed by atoms with van der Waals surface area (Å²) in [6.45, 7) is 5.01. The van der Waals surface area contributed by atoms with Gasteiger partial charge in [0.05, 0.1) is 12.7 Å². The summed E-state index contributed by atoms with van der Waals surface area (Å²) in [4.78, 5) is 10.5. The van der Waals surface area contributed by atoms with E-state index in [1.165, 1.54) is 0 Å². The molecule has 1 heterocycles. The van der Waals surface area contributed by atoms with Gasteiger partial charge in [-0.15, -0.1) is 0 Å². The third kappa shape index (κ3) is 4.85. The standard InChI is InChI=1S/C9H18N2O2/c1-8(12)11-4-2-3-9-7-10-5-6-13-9/h9-10H,2-7H2,1H3,(H,11,12). The summed E-state index contributed by atoms with van der Waals surface area (Å²) in [5, 5.41) is 6.04. The van der Waals surface area contributed by atoms with Gasteiger partial charge in [-0.3, -0.25) is 4.79 Å². The van der Waals surface area contributed by atoms with Crippen molar-refractivity contribution in [2.24, 2.45) is 0 Å². The second-order valence-corrected chi connectivity index (χ2v) is 3.32. The van der Waals surface area contributed by atoms with E-state index in [1.807, 2.05) is 0 Å². The van der Waals surface area contributed by atoms with Crippen molar-refractivity contribution in [1.29, 1.82) is 0 Å². The Kier molecular flexibility index (Phi) is 4.78. The fourth-order valence-electron chi connectivity index (χ4n) is 1.40. The molecule has 1 unspecified atom stereocenters. The molecule has 1 amide bonds. The summed E-state index contributed by atoms with van der Waals surface area (Å²) in [5.41, 5.74) is 0. The molecule has 0 aliphatic carbocycles. The number of amides is 1. The zero-order valence-electron chi connectivity index (χ0n) is 8.14. The zero-order valence-corrected chi connectivity index (χ0v) is 8.14. The summed E-state index contributed by atoms with van der Waals surface area (Å²) in [7, 11) is 0. The molecule has 1 saturated heterocycles. The van der Waals surface area contributed by atoms with Gasteiger partial charge < -0.3 is 15.4 Å². The van der Waals surface area contributed by atoms with Crippen LogP contribution in [0.4, 0.5) is 0 Å². The highest BCUT2D eigenvalue weighted by Crippen LogP contribution is 2.03. The van der Waals surface area contributed by atoms with Crippen LogP contribution < -0.4 is 10.6 Å². The smallest absolute Gasteiger partial charge is 0.216 e. The van der Waals surface area contributed by atoms with E-state index in [0.29, 0.717) is 6.10 Å². The average molecular weight is 186 g/mol. The van der Waals surface area contributed by atoms with Crippen molar-refractivity contribution in [3.05, 3.63) is 0 Å². The number of morpholine rings is 1. The lowest BCUT2D eigenvalue weighted by atomic mass is 10.2. The number of hydrogen-bond donors (Lipinski definition) is 2. The number of ether oxygens (including phenoxy) is 1. The topological polar surface area (TPSA) is 50.4 Å². The molecule has 4 heteroatoms. The zero-order chi connectivity index (χ0) is 9.52. The molecule has 1 aliphatic heterocycles. The second-order valence-electron chi connectivity index (χ2n) is 3.32. The predicted octanol–water partition coefficient (Wildman–Crippen LogP) is -0.109. The number of nitrogens with one attached hydrogen (secondary N) is 2. The summed E-state index contributed by atoms with van der Waals surface area (Å²) in [6, 6.07) is 0. The molecule has 0 radical (unpaired) electrons. The van der Waals surface area contributed by atoms with E-state index in [4.69, 9.17) is 4.74 Å². The predicted molar refractivity (Wildman–Crippen MR) is 50.5 cm³/mol. The average Bonchev–Trinajstić information content (AvgIpc) is 2.14. The van der Waals surface area contributed by atoms with Gasteiger partial charge in [-0.1, -0.05) is 0 Å². The van der Waals surface area contributed by atoms with Crippen molar-refractivity contribution in [1.82, 2.24) is 10.6 Å². The second kappa shape index (κ2) is 5.94. The third-order valence-electron chi connectivity index (χ3n) is 2.08. The van der Waals surface area contributed by atoms with E-state index in [1.54, 1.807) is 6.92 Å². The van der Waals surface area contributed by atoms with Gasteiger partial charge in [-0.25, -0.2) is 0 Å². The van der Waals surface area contributed by atoms with Gasteiger partial charge in [0.1, 0.15) is 0 Å². The Labute approximate surface area is 79.0 Å². The normalized spacial score (nSPS) is 22.7. The molecule has 13 heavy (non-hydrogen) atoms. The van der Waals surface area contributed by atoms with E-state index in [0.717, 1.165) is 39.1 Å². The molecule has 0 aromatic carbocycles. The van der Waals surface area contributed by atoms with Crippen LogP contribution in [0.1, 0.15) is 19.8 Å². The molecule has 0 aromatic heterocycles. The molecule has 2 N–H and O–H groups in total. The summed E-state index contributed by atoms with van der Waals surface area (Å²) < 4.78 is 5.51. The first-order chi connectivity index (χ1) is 6.29. The molecule has 0 aromatic rings. The Hall–Kier alpha value is -0.610. The summed E-state index contributed by atoms with van der Waals surface area (Å²) >= 11 is 0. The molecular weight excluding hydrogens is 168 g/mol. The van der Waals surface area contributed by atoms with Crippen molar-refractivity contribution in [3.63, 3.8) is 0 Å². The minimum Gasteiger partial charge on any atom is -0.376 e. The fourth-order valence-corrected chi connectivity index (χ4v) is 1.40. The van der Waals surface area contributed by atoms with Crippen LogP contribution in [0.15, 0.2) is 0 Å².